The van der Waals surface area contributed by atoms with E-state index >= 15 is 0 Å². The van der Waals surface area contributed by atoms with E-state index in [4.69, 9.17) is 18.9 Å². The molecule has 0 aromatic heterocycles. The number of methoxy groups -OCH3 is 1. The third-order valence-electron chi connectivity index (χ3n) is 2.98. The molecule has 22 heavy (non-hydrogen) atoms. The molecule has 0 bridgehead atoms. The molecule has 1 saturated heterocycles. The molecule has 0 aliphatic carbocycles. The molecule has 7 nitrogen and oxygen atoms in total. The van der Waals surface area contributed by atoms with E-state index in [9.17, 15) is 4.79 Å². The van der Waals surface area contributed by atoms with Crippen LogP contribution in [0.15, 0.2) is 0 Å². The number of piperidine rings is 1. The Hall–Kier alpha value is -0.730. The summed E-state index contributed by atoms with van der Waals surface area (Å²) in [5.74, 6) is 0. The van der Waals surface area contributed by atoms with Crippen LogP contribution in [0.3, 0.4) is 0 Å². The number of amides is 1. The lowest BCUT2D eigenvalue weighted by Gasteiger charge is -2.22. The normalized spacial score (nSPS) is 15.0. The quantitative estimate of drug-likeness (QED) is 0.395. The molecule has 0 aromatic carbocycles. The van der Waals surface area contributed by atoms with Crippen molar-refractivity contribution in [3.63, 3.8) is 0 Å². The van der Waals surface area contributed by atoms with Crippen LogP contribution in [0.25, 0.3) is 0 Å². The lowest BCUT2D eigenvalue weighted by molar-refractivity contribution is -0.109. The zero-order chi connectivity index (χ0) is 16.3. The molecular formula is C15H32N2O5. The summed E-state index contributed by atoms with van der Waals surface area (Å²) in [7, 11) is 1.62. The van der Waals surface area contributed by atoms with E-state index in [1.54, 1.807) is 7.11 Å². The Kier molecular flexibility index (Phi) is 17.7. The van der Waals surface area contributed by atoms with Crippen molar-refractivity contribution in [3.8, 4) is 0 Å². The molecule has 0 radical (unpaired) electrons. The summed E-state index contributed by atoms with van der Waals surface area (Å²) in [6.07, 6.45) is 3.41. The topological polar surface area (TPSA) is 78.1 Å². The average molecular weight is 320 g/mol. The zero-order valence-corrected chi connectivity index (χ0v) is 14.0. The minimum atomic E-state index is 0.465. The number of carbonyl (C=O) groups excluding carboxylic acids is 1. The van der Waals surface area contributed by atoms with Gasteiger partial charge in [-0.05, 0) is 32.9 Å². The van der Waals surface area contributed by atoms with Gasteiger partial charge in [0.1, 0.15) is 0 Å². The Morgan fingerprint density at radius 2 is 1.82 bits per heavy atom. The largest absolute Gasteiger partial charge is 0.382 e. The van der Waals surface area contributed by atoms with Crippen LogP contribution in [0.2, 0.25) is 0 Å². The first-order chi connectivity index (χ1) is 10.8. The van der Waals surface area contributed by atoms with Crippen LogP contribution in [0.4, 0.5) is 0 Å². The minimum Gasteiger partial charge on any atom is -0.382 e. The molecule has 0 unspecified atom stereocenters. The molecule has 1 rings (SSSR count). The molecule has 0 spiro atoms. The summed E-state index contributed by atoms with van der Waals surface area (Å²) in [5.41, 5.74) is 0. The van der Waals surface area contributed by atoms with E-state index in [0.717, 1.165) is 45.8 Å². The van der Waals surface area contributed by atoms with E-state index in [-0.39, 0.29) is 0 Å². The smallest absolute Gasteiger partial charge is 0.207 e. The van der Waals surface area contributed by atoms with E-state index in [2.05, 4.69) is 10.6 Å². The first-order valence-electron chi connectivity index (χ1n) is 7.98. The van der Waals surface area contributed by atoms with Gasteiger partial charge in [0.2, 0.25) is 6.41 Å². The van der Waals surface area contributed by atoms with Crippen LogP contribution in [0.1, 0.15) is 19.8 Å². The molecular weight excluding hydrogens is 288 g/mol. The number of hydrogen-bond donors (Lipinski definition) is 2. The number of carbonyl (C=O) groups is 1. The van der Waals surface area contributed by atoms with Gasteiger partial charge in [-0.3, -0.25) is 4.79 Å². The summed E-state index contributed by atoms with van der Waals surface area (Å²) in [4.78, 5) is 9.70. The fourth-order valence-corrected chi connectivity index (χ4v) is 1.81. The molecule has 0 saturated carbocycles. The van der Waals surface area contributed by atoms with E-state index in [1.165, 1.54) is 0 Å². The van der Waals surface area contributed by atoms with Gasteiger partial charge in [-0.15, -0.1) is 0 Å². The lowest BCUT2D eigenvalue weighted by atomic mass is 10.1. The third-order valence-corrected chi connectivity index (χ3v) is 2.98. The summed E-state index contributed by atoms with van der Waals surface area (Å²) >= 11 is 0. The molecule has 1 heterocycles. The second-order valence-electron chi connectivity index (χ2n) is 4.69. The maximum Gasteiger partial charge on any atom is 0.207 e. The van der Waals surface area contributed by atoms with Crippen LogP contribution in [0.5, 0.6) is 0 Å². The summed E-state index contributed by atoms with van der Waals surface area (Å²) in [5, 5.41) is 5.78. The van der Waals surface area contributed by atoms with Crippen LogP contribution in [-0.4, -0.2) is 78.9 Å². The van der Waals surface area contributed by atoms with Crippen LogP contribution in [-0.2, 0) is 23.7 Å². The summed E-state index contributed by atoms with van der Waals surface area (Å²) in [6.45, 7) is 8.76. The van der Waals surface area contributed by atoms with Gasteiger partial charge in [-0.25, -0.2) is 0 Å². The van der Waals surface area contributed by atoms with Crippen molar-refractivity contribution < 1.29 is 23.7 Å². The molecule has 1 aliphatic rings. The van der Waals surface area contributed by atoms with Crippen molar-refractivity contribution in [1.29, 1.82) is 0 Å². The van der Waals surface area contributed by atoms with Gasteiger partial charge in [-0.1, -0.05) is 0 Å². The molecule has 2 N–H and O–H groups in total. The van der Waals surface area contributed by atoms with Crippen molar-refractivity contribution in [1.82, 2.24) is 10.6 Å². The predicted molar refractivity (Wildman–Crippen MR) is 85.1 cm³/mol. The monoisotopic (exact) mass is 320 g/mol. The average Bonchev–Trinajstić information content (AvgIpc) is 2.57. The maximum atomic E-state index is 9.70. The van der Waals surface area contributed by atoms with Crippen LogP contribution >= 0.6 is 0 Å². The Balaban J connectivity index is 0.000000409. The molecule has 1 fully saturated rings. The van der Waals surface area contributed by atoms with Crippen molar-refractivity contribution >= 4 is 6.41 Å². The van der Waals surface area contributed by atoms with Gasteiger partial charge in [0, 0.05) is 20.3 Å². The second-order valence-corrected chi connectivity index (χ2v) is 4.69. The highest BCUT2D eigenvalue weighted by molar-refractivity contribution is 5.45. The molecule has 1 aliphatic heterocycles. The fourth-order valence-electron chi connectivity index (χ4n) is 1.81. The Morgan fingerprint density at radius 3 is 2.45 bits per heavy atom. The number of nitrogens with one attached hydrogen (secondary N) is 2. The number of rotatable bonds is 12. The van der Waals surface area contributed by atoms with Gasteiger partial charge >= 0.3 is 0 Å². The highest BCUT2D eigenvalue weighted by Gasteiger charge is 2.12. The Bertz CT molecular complexity index is 226. The molecule has 0 atom stereocenters. The summed E-state index contributed by atoms with van der Waals surface area (Å²) < 4.78 is 20.6. The van der Waals surface area contributed by atoms with Crippen LogP contribution in [0, 0.1) is 0 Å². The lowest BCUT2D eigenvalue weighted by Crippen LogP contribution is -2.33. The Morgan fingerprint density at radius 1 is 1.09 bits per heavy atom. The zero-order valence-electron chi connectivity index (χ0n) is 14.0. The fraction of sp³-hybridized carbons (Fsp3) is 0.933. The molecule has 0 aromatic rings. The van der Waals surface area contributed by atoms with Gasteiger partial charge in [0.05, 0.1) is 39.1 Å². The SMILES string of the molecule is CCOCCOC1CCNCC1.COCCOCCNC=O. The molecule has 132 valence electrons. The highest BCUT2D eigenvalue weighted by atomic mass is 16.5. The van der Waals surface area contributed by atoms with Crippen molar-refractivity contribution in [2.75, 3.05) is 66.4 Å². The first kappa shape index (κ1) is 21.3. The maximum absolute atomic E-state index is 9.70. The van der Waals surface area contributed by atoms with Crippen molar-refractivity contribution in [3.05, 3.63) is 0 Å². The standard InChI is InChI=1S/C9H19NO2.C6H13NO3/c1-2-11-7-8-12-9-3-5-10-6-4-9;1-9-4-5-10-3-2-7-6-8/h9-10H,2-8H2,1H3;6H,2-5H2,1H3,(H,7,8). The summed E-state index contributed by atoms with van der Waals surface area (Å²) in [6, 6.07) is 0. The van der Waals surface area contributed by atoms with Gasteiger partial charge < -0.3 is 29.6 Å². The first-order valence-corrected chi connectivity index (χ1v) is 7.98. The van der Waals surface area contributed by atoms with E-state index in [1.807, 2.05) is 6.92 Å². The third kappa shape index (κ3) is 15.7. The molecule has 1 amide bonds. The Labute approximate surface area is 134 Å². The minimum absolute atomic E-state index is 0.465. The number of hydrogen-bond acceptors (Lipinski definition) is 6. The number of ether oxygens (including phenoxy) is 4. The molecule has 7 heteroatoms. The van der Waals surface area contributed by atoms with Crippen molar-refractivity contribution in [2.24, 2.45) is 0 Å². The highest BCUT2D eigenvalue weighted by Crippen LogP contribution is 2.06. The second kappa shape index (κ2) is 18.3. The van der Waals surface area contributed by atoms with Gasteiger partial charge in [0.25, 0.3) is 0 Å². The van der Waals surface area contributed by atoms with Gasteiger partial charge in [0.15, 0.2) is 0 Å². The van der Waals surface area contributed by atoms with Crippen molar-refractivity contribution in [2.45, 2.75) is 25.9 Å². The van der Waals surface area contributed by atoms with E-state index in [0.29, 0.717) is 38.9 Å². The predicted octanol–water partition coefficient (Wildman–Crippen LogP) is 0.187. The van der Waals surface area contributed by atoms with E-state index < -0.39 is 0 Å². The van der Waals surface area contributed by atoms with Gasteiger partial charge in [-0.2, -0.15) is 0 Å². The van der Waals surface area contributed by atoms with Crippen LogP contribution < -0.4 is 10.6 Å².